The largest absolute Gasteiger partial charge is 0.361 e. The van der Waals surface area contributed by atoms with E-state index in [1.165, 1.54) is 0 Å². The van der Waals surface area contributed by atoms with E-state index in [-0.39, 0.29) is 11.6 Å². The number of anilines is 3. The van der Waals surface area contributed by atoms with E-state index in [2.05, 4.69) is 20.4 Å². The zero-order valence-electron chi connectivity index (χ0n) is 13.7. The molecule has 2 aromatic heterocycles. The second kappa shape index (κ2) is 5.86. The number of carbonyl (C=O) groups is 1. The van der Waals surface area contributed by atoms with Crippen LogP contribution in [0.4, 0.5) is 17.5 Å². The van der Waals surface area contributed by atoms with E-state index in [9.17, 15) is 4.79 Å². The molecular weight excluding hydrogens is 296 g/mol. The van der Waals surface area contributed by atoms with E-state index < -0.39 is 0 Å². The summed E-state index contributed by atoms with van der Waals surface area (Å²) in [5, 5.41) is 6.64. The van der Waals surface area contributed by atoms with Gasteiger partial charge in [0.15, 0.2) is 11.5 Å². The first-order valence-electron chi connectivity index (χ1n) is 7.45. The van der Waals surface area contributed by atoms with Gasteiger partial charge in [-0.2, -0.15) is 4.98 Å². The van der Waals surface area contributed by atoms with Crippen molar-refractivity contribution in [3.63, 3.8) is 0 Å². The predicted octanol–water partition coefficient (Wildman–Crippen LogP) is 1.73. The van der Waals surface area contributed by atoms with Gasteiger partial charge in [-0.15, -0.1) is 0 Å². The maximum absolute atomic E-state index is 12.3. The standard InChI is InChI=1S/C15H20N6O2/c1-20(2)13-11(8-16-15(18-13)21(3)4)17-14(22)10-7-12(23-19-10)9-5-6-9/h7-9H,5-6H2,1-4H3,(H,17,22). The molecule has 1 N–H and O–H groups in total. The summed E-state index contributed by atoms with van der Waals surface area (Å²) in [7, 11) is 7.45. The van der Waals surface area contributed by atoms with Crippen LogP contribution in [0.25, 0.3) is 0 Å². The molecule has 2 aromatic rings. The summed E-state index contributed by atoms with van der Waals surface area (Å²) >= 11 is 0. The molecule has 0 atom stereocenters. The molecule has 1 aliphatic carbocycles. The first-order valence-corrected chi connectivity index (χ1v) is 7.45. The monoisotopic (exact) mass is 316 g/mol. The lowest BCUT2D eigenvalue weighted by Crippen LogP contribution is -2.21. The fourth-order valence-corrected chi connectivity index (χ4v) is 2.15. The SMILES string of the molecule is CN(C)c1ncc(NC(=O)c2cc(C3CC3)on2)c(N(C)C)n1. The van der Waals surface area contributed by atoms with Crippen LogP contribution in [0.1, 0.15) is 35.0 Å². The smallest absolute Gasteiger partial charge is 0.277 e. The number of nitrogens with one attached hydrogen (secondary N) is 1. The molecule has 0 radical (unpaired) electrons. The highest BCUT2D eigenvalue weighted by Gasteiger charge is 2.29. The molecule has 3 rings (SSSR count). The van der Waals surface area contributed by atoms with Crippen LogP contribution in [0.2, 0.25) is 0 Å². The van der Waals surface area contributed by atoms with Crippen molar-refractivity contribution in [3.05, 3.63) is 23.7 Å². The number of amides is 1. The molecule has 0 bridgehead atoms. The molecule has 23 heavy (non-hydrogen) atoms. The summed E-state index contributed by atoms with van der Waals surface area (Å²) in [5.41, 5.74) is 0.801. The Balaban J connectivity index is 1.81. The van der Waals surface area contributed by atoms with Gasteiger partial charge in [0.05, 0.1) is 6.20 Å². The van der Waals surface area contributed by atoms with Crippen LogP contribution in [0.3, 0.4) is 0 Å². The molecule has 1 fully saturated rings. The van der Waals surface area contributed by atoms with Crippen LogP contribution in [0, 0.1) is 0 Å². The highest BCUT2D eigenvalue weighted by Crippen LogP contribution is 2.40. The van der Waals surface area contributed by atoms with Gasteiger partial charge in [-0.1, -0.05) is 5.16 Å². The maximum Gasteiger partial charge on any atom is 0.277 e. The fraction of sp³-hybridized carbons (Fsp3) is 0.467. The Morgan fingerprint density at radius 2 is 2.00 bits per heavy atom. The van der Waals surface area contributed by atoms with E-state index in [0.717, 1.165) is 18.6 Å². The third kappa shape index (κ3) is 3.25. The van der Waals surface area contributed by atoms with Crippen molar-refractivity contribution in [1.82, 2.24) is 15.1 Å². The van der Waals surface area contributed by atoms with Gasteiger partial charge in [-0.05, 0) is 12.8 Å². The van der Waals surface area contributed by atoms with Crippen molar-refractivity contribution in [2.24, 2.45) is 0 Å². The normalized spacial score (nSPS) is 13.7. The van der Waals surface area contributed by atoms with Crippen LogP contribution in [-0.2, 0) is 0 Å². The van der Waals surface area contributed by atoms with Crippen LogP contribution < -0.4 is 15.1 Å². The Morgan fingerprint density at radius 3 is 2.61 bits per heavy atom. The quantitative estimate of drug-likeness (QED) is 0.898. The average Bonchev–Trinajstić information content (AvgIpc) is 3.24. The Bertz CT molecular complexity index is 721. The van der Waals surface area contributed by atoms with Crippen molar-refractivity contribution in [2.45, 2.75) is 18.8 Å². The summed E-state index contributed by atoms with van der Waals surface area (Å²) in [6, 6.07) is 1.71. The molecule has 2 heterocycles. The van der Waals surface area contributed by atoms with Crippen molar-refractivity contribution in [2.75, 3.05) is 43.3 Å². The van der Waals surface area contributed by atoms with E-state index in [1.807, 2.05) is 33.1 Å². The Kier molecular flexibility index (Phi) is 3.89. The van der Waals surface area contributed by atoms with E-state index >= 15 is 0 Å². The Hall–Kier alpha value is -2.64. The minimum Gasteiger partial charge on any atom is -0.361 e. The van der Waals surface area contributed by atoms with E-state index in [1.54, 1.807) is 17.2 Å². The molecule has 0 aliphatic heterocycles. The van der Waals surface area contributed by atoms with Crippen molar-refractivity contribution in [3.8, 4) is 0 Å². The number of nitrogens with zero attached hydrogens (tertiary/aromatic N) is 5. The van der Waals surface area contributed by atoms with Gasteiger partial charge in [0, 0.05) is 40.2 Å². The van der Waals surface area contributed by atoms with Crippen molar-refractivity contribution >= 4 is 23.4 Å². The van der Waals surface area contributed by atoms with Gasteiger partial charge in [0.25, 0.3) is 5.91 Å². The minimum absolute atomic E-state index is 0.272. The lowest BCUT2D eigenvalue weighted by molar-refractivity contribution is 0.101. The Labute approximate surface area is 134 Å². The van der Waals surface area contributed by atoms with Crippen molar-refractivity contribution in [1.29, 1.82) is 0 Å². The topological polar surface area (TPSA) is 87.4 Å². The molecule has 122 valence electrons. The fourth-order valence-electron chi connectivity index (χ4n) is 2.15. The maximum atomic E-state index is 12.3. The molecule has 1 amide bonds. The molecule has 1 saturated carbocycles. The summed E-state index contributed by atoms with van der Waals surface area (Å²) in [4.78, 5) is 24.7. The third-order valence-electron chi connectivity index (χ3n) is 3.57. The van der Waals surface area contributed by atoms with Gasteiger partial charge in [0.1, 0.15) is 11.4 Å². The average molecular weight is 316 g/mol. The van der Waals surface area contributed by atoms with Crippen LogP contribution >= 0.6 is 0 Å². The summed E-state index contributed by atoms with van der Waals surface area (Å²) in [6.07, 6.45) is 3.79. The summed E-state index contributed by atoms with van der Waals surface area (Å²) < 4.78 is 5.22. The molecule has 8 heteroatoms. The number of carbonyl (C=O) groups excluding carboxylic acids is 1. The van der Waals surface area contributed by atoms with Crippen LogP contribution in [0.5, 0.6) is 0 Å². The number of aromatic nitrogens is 3. The van der Waals surface area contributed by atoms with Gasteiger partial charge in [-0.25, -0.2) is 4.98 Å². The highest BCUT2D eigenvalue weighted by atomic mass is 16.5. The van der Waals surface area contributed by atoms with Crippen LogP contribution in [0.15, 0.2) is 16.8 Å². The zero-order chi connectivity index (χ0) is 16.6. The predicted molar refractivity (Wildman–Crippen MR) is 87.1 cm³/mol. The lowest BCUT2D eigenvalue weighted by Gasteiger charge is -2.19. The first-order chi connectivity index (χ1) is 11.0. The molecule has 1 aliphatic rings. The van der Waals surface area contributed by atoms with Gasteiger partial charge >= 0.3 is 0 Å². The summed E-state index contributed by atoms with van der Waals surface area (Å²) in [6.45, 7) is 0. The number of rotatable bonds is 5. The van der Waals surface area contributed by atoms with E-state index in [4.69, 9.17) is 4.52 Å². The van der Waals surface area contributed by atoms with E-state index in [0.29, 0.717) is 23.4 Å². The first kappa shape index (κ1) is 15.3. The molecule has 0 unspecified atom stereocenters. The highest BCUT2D eigenvalue weighted by molar-refractivity contribution is 6.04. The molecular formula is C15H20N6O2. The number of hydrogen-bond acceptors (Lipinski definition) is 7. The zero-order valence-corrected chi connectivity index (χ0v) is 13.7. The third-order valence-corrected chi connectivity index (χ3v) is 3.57. The second-order valence-electron chi connectivity index (χ2n) is 6.04. The van der Waals surface area contributed by atoms with Gasteiger partial charge < -0.3 is 19.6 Å². The van der Waals surface area contributed by atoms with Gasteiger partial charge in [0.2, 0.25) is 5.95 Å². The van der Waals surface area contributed by atoms with Gasteiger partial charge in [-0.3, -0.25) is 4.79 Å². The molecule has 0 spiro atoms. The Morgan fingerprint density at radius 1 is 1.26 bits per heavy atom. The minimum atomic E-state index is -0.329. The molecule has 0 saturated heterocycles. The van der Waals surface area contributed by atoms with Crippen LogP contribution in [-0.4, -0.2) is 49.2 Å². The van der Waals surface area contributed by atoms with Crippen molar-refractivity contribution < 1.29 is 9.32 Å². The number of hydrogen-bond donors (Lipinski definition) is 1. The second-order valence-corrected chi connectivity index (χ2v) is 6.04. The molecule has 8 nitrogen and oxygen atoms in total. The lowest BCUT2D eigenvalue weighted by atomic mass is 10.2. The molecule has 0 aromatic carbocycles. The summed E-state index contributed by atoms with van der Waals surface area (Å²) in [5.74, 6) is 2.07.